The Balaban J connectivity index is 1.60. The molecule has 21 heavy (non-hydrogen) atoms. The molecule has 0 unspecified atom stereocenters. The fourth-order valence-corrected chi connectivity index (χ4v) is 2.31. The topological polar surface area (TPSA) is 55.9 Å². The second kappa shape index (κ2) is 5.18. The SMILES string of the molecule is c1ccc(-n2nncc2-c2ccc(CNC3CC3)o2)cc1. The average Bonchev–Trinajstić information content (AvgIpc) is 3.03. The third-order valence-corrected chi connectivity index (χ3v) is 3.61. The Kier molecular flexibility index (Phi) is 3.05. The number of hydrogen-bond donors (Lipinski definition) is 1. The Hall–Kier alpha value is -2.40. The summed E-state index contributed by atoms with van der Waals surface area (Å²) in [6.07, 6.45) is 4.28. The molecular weight excluding hydrogens is 264 g/mol. The normalized spacial score (nSPS) is 14.5. The van der Waals surface area contributed by atoms with E-state index in [9.17, 15) is 0 Å². The van der Waals surface area contributed by atoms with Crippen LogP contribution in [0.25, 0.3) is 17.1 Å². The lowest BCUT2D eigenvalue weighted by Gasteiger charge is -2.03. The first-order valence-corrected chi connectivity index (χ1v) is 7.19. The molecule has 0 spiro atoms. The fourth-order valence-electron chi connectivity index (χ4n) is 2.31. The van der Waals surface area contributed by atoms with Crippen LogP contribution in [0.3, 0.4) is 0 Å². The number of rotatable bonds is 5. The number of furan rings is 1. The van der Waals surface area contributed by atoms with E-state index < -0.39 is 0 Å². The smallest absolute Gasteiger partial charge is 0.154 e. The zero-order chi connectivity index (χ0) is 14.1. The molecule has 1 aliphatic carbocycles. The molecule has 1 aliphatic rings. The molecule has 1 N–H and O–H groups in total. The van der Waals surface area contributed by atoms with Crippen LogP contribution in [0, 0.1) is 0 Å². The molecule has 106 valence electrons. The van der Waals surface area contributed by atoms with Gasteiger partial charge in [-0.2, -0.15) is 0 Å². The van der Waals surface area contributed by atoms with E-state index in [1.807, 2.05) is 42.5 Å². The first-order valence-electron chi connectivity index (χ1n) is 7.19. The number of para-hydroxylation sites is 1. The molecule has 4 rings (SSSR count). The maximum atomic E-state index is 5.91. The van der Waals surface area contributed by atoms with Crippen LogP contribution in [0.4, 0.5) is 0 Å². The second-order valence-corrected chi connectivity index (χ2v) is 5.29. The molecule has 1 fully saturated rings. The van der Waals surface area contributed by atoms with E-state index in [1.54, 1.807) is 10.9 Å². The van der Waals surface area contributed by atoms with Gasteiger partial charge in [0.05, 0.1) is 18.4 Å². The van der Waals surface area contributed by atoms with Crippen molar-refractivity contribution in [2.45, 2.75) is 25.4 Å². The molecule has 1 aromatic carbocycles. The molecule has 2 aromatic heterocycles. The van der Waals surface area contributed by atoms with Gasteiger partial charge in [0.1, 0.15) is 11.5 Å². The number of benzene rings is 1. The monoisotopic (exact) mass is 280 g/mol. The number of nitrogens with zero attached hydrogens (tertiary/aromatic N) is 3. The summed E-state index contributed by atoms with van der Waals surface area (Å²) in [4.78, 5) is 0. The average molecular weight is 280 g/mol. The summed E-state index contributed by atoms with van der Waals surface area (Å²) in [6, 6.07) is 14.6. The van der Waals surface area contributed by atoms with Crippen LogP contribution < -0.4 is 5.32 Å². The van der Waals surface area contributed by atoms with Crippen molar-refractivity contribution in [1.29, 1.82) is 0 Å². The molecule has 3 aromatic rings. The van der Waals surface area contributed by atoms with Gasteiger partial charge >= 0.3 is 0 Å². The maximum absolute atomic E-state index is 5.91. The predicted molar refractivity (Wildman–Crippen MR) is 78.9 cm³/mol. The van der Waals surface area contributed by atoms with E-state index in [0.29, 0.717) is 6.04 Å². The van der Waals surface area contributed by atoms with Gasteiger partial charge in [-0.25, -0.2) is 4.68 Å². The van der Waals surface area contributed by atoms with Gasteiger partial charge in [0.15, 0.2) is 5.76 Å². The summed E-state index contributed by atoms with van der Waals surface area (Å²) in [5, 5.41) is 11.6. The van der Waals surface area contributed by atoms with Crippen LogP contribution >= 0.6 is 0 Å². The Morgan fingerprint density at radius 1 is 1.14 bits per heavy atom. The molecule has 1 saturated carbocycles. The van der Waals surface area contributed by atoms with Gasteiger partial charge in [0.2, 0.25) is 0 Å². The largest absolute Gasteiger partial charge is 0.458 e. The first kappa shape index (κ1) is 12.3. The number of aromatic nitrogens is 3. The molecule has 0 amide bonds. The fraction of sp³-hybridized carbons (Fsp3) is 0.250. The van der Waals surface area contributed by atoms with Crippen molar-refractivity contribution in [3.63, 3.8) is 0 Å². The van der Waals surface area contributed by atoms with Gasteiger partial charge in [-0.15, -0.1) is 5.10 Å². The third-order valence-electron chi connectivity index (χ3n) is 3.61. The van der Waals surface area contributed by atoms with Crippen molar-refractivity contribution in [2.75, 3.05) is 0 Å². The van der Waals surface area contributed by atoms with E-state index in [-0.39, 0.29) is 0 Å². The van der Waals surface area contributed by atoms with Crippen molar-refractivity contribution in [3.8, 4) is 17.1 Å². The highest BCUT2D eigenvalue weighted by molar-refractivity contribution is 5.55. The number of nitrogens with one attached hydrogen (secondary N) is 1. The van der Waals surface area contributed by atoms with E-state index in [4.69, 9.17) is 4.42 Å². The molecule has 0 bridgehead atoms. The summed E-state index contributed by atoms with van der Waals surface area (Å²) < 4.78 is 7.69. The highest BCUT2D eigenvalue weighted by Crippen LogP contribution is 2.25. The Morgan fingerprint density at radius 2 is 2.00 bits per heavy atom. The van der Waals surface area contributed by atoms with E-state index in [1.165, 1.54) is 12.8 Å². The van der Waals surface area contributed by atoms with Crippen molar-refractivity contribution in [2.24, 2.45) is 0 Å². The summed E-state index contributed by atoms with van der Waals surface area (Å²) >= 11 is 0. The Morgan fingerprint density at radius 3 is 2.81 bits per heavy atom. The molecule has 5 nitrogen and oxygen atoms in total. The zero-order valence-electron chi connectivity index (χ0n) is 11.6. The van der Waals surface area contributed by atoms with Crippen LogP contribution in [0.2, 0.25) is 0 Å². The quantitative estimate of drug-likeness (QED) is 0.780. The maximum Gasteiger partial charge on any atom is 0.154 e. The van der Waals surface area contributed by atoms with Crippen molar-refractivity contribution < 1.29 is 4.42 Å². The van der Waals surface area contributed by atoms with Gasteiger partial charge in [0.25, 0.3) is 0 Å². The van der Waals surface area contributed by atoms with Crippen molar-refractivity contribution in [3.05, 3.63) is 54.4 Å². The number of hydrogen-bond acceptors (Lipinski definition) is 4. The minimum absolute atomic E-state index is 0.676. The summed E-state index contributed by atoms with van der Waals surface area (Å²) in [5.41, 5.74) is 1.83. The van der Waals surface area contributed by atoms with Gasteiger partial charge < -0.3 is 9.73 Å². The molecule has 5 heteroatoms. The van der Waals surface area contributed by atoms with Gasteiger partial charge in [-0.1, -0.05) is 23.4 Å². The highest BCUT2D eigenvalue weighted by atomic mass is 16.3. The van der Waals surface area contributed by atoms with Crippen molar-refractivity contribution >= 4 is 0 Å². The molecule has 0 radical (unpaired) electrons. The van der Waals surface area contributed by atoms with E-state index in [0.717, 1.165) is 29.4 Å². The molecule has 2 heterocycles. The zero-order valence-corrected chi connectivity index (χ0v) is 11.6. The third kappa shape index (κ3) is 2.60. The van der Waals surface area contributed by atoms with Crippen molar-refractivity contribution in [1.82, 2.24) is 20.3 Å². The van der Waals surface area contributed by atoms with Crippen LogP contribution in [-0.2, 0) is 6.54 Å². The van der Waals surface area contributed by atoms with Gasteiger partial charge in [-0.3, -0.25) is 0 Å². The molecule has 0 atom stereocenters. The minimum Gasteiger partial charge on any atom is -0.458 e. The summed E-state index contributed by atoms with van der Waals surface area (Å²) in [5.74, 6) is 1.73. The van der Waals surface area contributed by atoms with Gasteiger partial charge in [-0.05, 0) is 37.1 Å². The van der Waals surface area contributed by atoms with E-state index in [2.05, 4.69) is 15.6 Å². The second-order valence-electron chi connectivity index (χ2n) is 5.29. The molecule has 0 saturated heterocycles. The lowest BCUT2D eigenvalue weighted by molar-refractivity contribution is 0.490. The van der Waals surface area contributed by atoms with Crippen LogP contribution in [0.15, 0.2) is 53.1 Å². The minimum atomic E-state index is 0.676. The Bertz CT molecular complexity index is 728. The summed E-state index contributed by atoms with van der Waals surface area (Å²) in [6.45, 7) is 0.775. The van der Waals surface area contributed by atoms with Crippen LogP contribution in [0.5, 0.6) is 0 Å². The molecular formula is C16H16N4O. The van der Waals surface area contributed by atoms with Gasteiger partial charge in [0, 0.05) is 6.04 Å². The standard InChI is InChI=1S/C16H16N4O/c1-2-4-13(5-3-1)20-15(11-18-19-20)16-9-8-14(21-16)10-17-12-6-7-12/h1-5,8-9,11-12,17H,6-7,10H2. The van der Waals surface area contributed by atoms with E-state index >= 15 is 0 Å². The first-order chi connectivity index (χ1) is 10.4. The molecule has 0 aliphatic heterocycles. The summed E-state index contributed by atoms with van der Waals surface area (Å²) in [7, 11) is 0. The lowest BCUT2D eigenvalue weighted by Crippen LogP contribution is -2.14. The van der Waals surface area contributed by atoms with Crippen LogP contribution in [-0.4, -0.2) is 21.0 Å². The van der Waals surface area contributed by atoms with Crippen LogP contribution in [0.1, 0.15) is 18.6 Å². The highest BCUT2D eigenvalue weighted by Gasteiger charge is 2.21. The lowest BCUT2D eigenvalue weighted by atomic mass is 10.3. The Labute approximate surface area is 122 Å². The predicted octanol–water partition coefficient (Wildman–Crippen LogP) is 2.78.